The molecule has 2 aromatic rings. The fraction of sp³-hybridized carbons (Fsp3) is 0.333. The van der Waals surface area contributed by atoms with Gasteiger partial charge in [-0.2, -0.15) is 5.26 Å². The molecule has 1 fully saturated rings. The van der Waals surface area contributed by atoms with Crippen LogP contribution in [-0.2, 0) is 11.3 Å². The van der Waals surface area contributed by atoms with Crippen molar-refractivity contribution in [2.45, 2.75) is 19.4 Å². The number of nitriles is 1. The van der Waals surface area contributed by atoms with E-state index in [0.29, 0.717) is 22.1 Å². The van der Waals surface area contributed by atoms with Crippen LogP contribution in [0.4, 0.5) is 5.13 Å². The molecule has 0 radical (unpaired) electrons. The summed E-state index contributed by atoms with van der Waals surface area (Å²) in [6, 6.07) is 9.33. The van der Waals surface area contributed by atoms with Crippen LogP contribution in [0.5, 0.6) is 0 Å². The lowest BCUT2D eigenvalue weighted by atomic mass is 9.97. The first-order chi connectivity index (χ1) is 12.5. The van der Waals surface area contributed by atoms with Crippen molar-refractivity contribution in [1.29, 1.82) is 5.26 Å². The lowest BCUT2D eigenvalue weighted by Crippen LogP contribution is -2.40. The standard InChI is InChI=1S/C18H19N5O2S/c19-8-15-9-21-18(26-15)22-17(25)13-5-3-12(4-6-13)10-23-7-1-2-14(11-23)16(20)24/h3-6,9,14H,1-2,7,10-11H2,(H2,20,24)(H,21,22,25). The summed E-state index contributed by atoms with van der Waals surface area (Å²) in [7, 11) is 0. The molecule has 2 heterocycles. The van der Waals surface area contributed by atoms with Crippen LogP contribution in [0.25, 0.3) is 0 Å². The van der Waals surface area contributed by atoms with E-state index in [1.165, 1.54) is 6.20 Å². The van der Waals surface area contributed by atoms with Gasteiger partial charge in [0.2, 0.25) is 5.91 Å². The van der Waals surface area contributed by atoms with E-state index in [4.69, 9.17) is 11.0 Å². The maximum absolute atomic E-state index is 12.2. The Morgan fingerprint density at radius 2 is 2.15 bits per heavy atom. The molecule has 26 heavy (non-hydrogen) atoms. The van der Waals surface area contributed by atoms with Crippen molar-refractivity contribution in [2.24, 2.45) is 11.7 Å². The summed E-state index contributed by atoms with van der Waals surface area (Å²) in [5, 5.41) is 11.9. The number of carbonyl (C=O) groups is 2. The molecule has 2 amide bonds. The van der Waals surface area contributed by atoms with Crippen molar-refractivity contribution in [1.82, 2.24) is 9.88 Å². The van der Waals surface area contributed by atoms with Gasteiger partial charge in [-0.3, -0.25) is 19.8 Å². The average Bonchev–Trinajstić information content (AvgIpc) is 3.10. The monoisotopic (exact) mass is 369 g/mol. The lowest BCUT2D eigenvalue weighted by Gasteiger charge is -2.31. The van der Waals surface area contributed by atoms with Crippen LogP contribution >= 0.6 is 11.3 Å². The molecule has 3 rings (SSSR count). The molecule has 1 atom stereocenters. The number of hydrogen-bond donors (Lipinski definition) is 2. The third-order valence-corrected chi connectivity index (χ3v) is 5.18. The number of rotatable bonds is 5. The first kappa shape index (κ1) is 18.0. The first-order valence-electron chi connectivity index (χ1n) is 8.33. The molecule has 3 N–H and O–H groups in total. The van der Waals surface area contributed by atoms with E-state index in [0.717, 1.165) is 42.8 Å². The number of carbonyl (C=O) groups excluding carboxylic acids is 2. The van der Waals surface area contributed by atoms with Crippen LogP contribution < -0.4 is 11.1 Å². The van der Waals surface area contributed by atoms with Crippen LogP contribution in [0.2, 0.25) is 0 Å². The van der Waals surface area contributed by atoms with Gasteiger partial charge in [-0.15, -0.1) is 0 Å². The van der Waals surface area contributed by atoms with Gasteiger partial charge in [0.1, 0.15) is 10.9 Å². The number of amides is 2. The number of hydrogen-bond acceptors (Lipinski definition) is 6. The zero-order valence-corrected chi connectivity index (χ0v) is 15.0. The number of aromatic nitrogens is 1. The van der Waals surface area contributed by atoms with Gasteiger partial charge >= 0.3 is 0 Å². The minimum atomic E-state index is -0.262. The summed E-state index contributed by atoms with van der Waals surface area (Å²) in [6.07, 6.45) is 3.25. The minimum absolute atomic E-state index is 0.0783. The number of thiazole rings is 1. The molecule has 0 spiro atoms. The Balaban J connectivity index is 1.58. The molecule has 0 aliphatic carbocycles. The fourth-order valence-corrected chi connectivity index (χ4v) is 3.61. The Morgan fingerprint density at radius 1 is 1.38 bits per heavy atom. The predicted molar refractivity (Wildman–Crippen MR) is 98.4 cm³/mol. The fourth-order valence-electron chi connectivity index (χ4n) is 3.00. The molecule has 1 unspecified atom stereocenters. The highest BCUT2D eigenvalue weighted by atomic mass is 32.1. The largest absolute Gasteiger partial charge is 0.369 e. The Hall–Kier alpha value is -2.76. The van der Waals surface area contributed by atoms with Gasteiger partial charge in [-0.25, -0.2) is 4.98 Å². The second-order valence-electron chi connectivity index (χ2n) is 6.27. The van der Waals surface area contributed by atoms with E-state index in [1.54, 1.807) is 12.1 Å². The third-order valence-electron chi connectivity index (χ3n) is 4.37. The maximum Gasteiger partial charge on any atom is 0.257 e. The van der Waals surface area contributed by atoms with Crippen molar-refractivity contribution in [2.75, 3.05) is 18.4 Å². The molecule has 134 valence electrons. The highest BCUT2D eigenvalue weighted by Crippen LogP contribution is 2.20. The Bertz CT molecular complexity index is 840. The molecular formula is C18H19N5O2S. The van der Waals surface area contributed by atoms with Crippen molar-refractivity contribution in [3.05, 3.63) is 46.5 Å². The Morgan fingerprint density at radius 3 is 2.81 bits per heavy atom. The van der Waals surface area contributed by atoms with E-state index in [2.05, 4.69) is 15.2 Å². The van der Waals surface area contributed by atoms with Crippen LogP contribution in [-0.4, -0.2) is 34.8 Å². The van der Waals surface area contributed by atoms with Crippen LogP contribution in [0.3, 0.4) is 0 Å². The highest BCUT2D eigenvalue weighted by Gasteiger charge is 2.23. The molecule has 7 nitrogen and oxygen atoms in total. The molecule has 1 aliphatic heterocycles. The summed E-state index contributed by atoms with van der Waals surface area (Å²) in [5.41, 5.74) is 7.02. The number of likely N-dealkylation sites (tertiary alicyclic amines) is 1. The van der Waals surface area contributed by atoms with E-state index < -0.39 is 0 Å². The van der Waals surface area contributed by atoms with Crippen LogP contribution in [0, 0.1) is 17.2 Å². The Labute approximate surface area is 155 Å². The van der Waals surface area contributed by atoms with Crippen molar-refractivity contribution in [3.63, 3.8) is 0 Å². The second-order valence-corrected chi connectivity index (χ2v) is 7.30. The van der Waals surface area contributed by atoms with Crippen LogP contribution in [0.15, 0.2) is 30.5 Å². The topological polar surface area (TPSA) is 112 Å². The van der Waals surface area contributed by atoms with Gasteiger partial charge < -0.3 is 5.73 Å². The molecular weight excluding hydrogens is 350 g/mol. The predicted octanol–water partition coefficient (Wildman–Crippen LogP) is 1.96. The van der Waals surface area contributed by atoms with Gasteiger partial charge in [0.15, 0.2) is 5.13 Å². The second kappa shape index (κ2) is 8.08. The number of benzene rings is 1. The Kier molecular flexibility index (Phi) is 5.61. The number of nitrogens with zero attached hydrogens (tertiary/aromatic N) is 3. The number of primary amides is 1. The van der Waals surface area contributed by atoms with Gasteiger partial charge in [0, 0.05) is 18.7 Å². The summed E-state index contributed by atoms with van der Waals surface area (Å²) in [4.78, 5) is 30.3. The molecule has 0 bridgehead atoms. The molecule has 1 aliphatic rings. The average molecular weight is 369 g/mol. The van der Waals surface area contributed by atoms with Crippen molar-refractivity contribution < 1.29 is 9.59 Å². The molecule has 8 heteroatoms. The summed E-state index contributed by atoms with van der Waals surface area (Å²) in [5.74, 6) is -0.573. The SMILES string of the molecule is N#Cc1cnc(NC(=O)c2ccc(CN3CCCC(C(N)=O)C3)cc2)s1. The third kappa shape index (κ3) is 4.45. The molecule has 1 saturated heterocycles. The quantitative estimate of drug-likeness (QED) is 0.837. The number of nitrogens with one attached hydrogen (secondary N) is 1. The summed E-state index contributed by atoms with van der Waals surface area (Å²) in [6.45, 7) is 2.35. The van der Waals surface area contributed by atoms with E-state index in [1.807, 2.05) is 18.2 Å². The molecule has 0 saturated carbocycles. The van der Waals surface area contributed by atoms with E-state index >= 15 is 0 Å². The highest BCUT2D eigenvalue weighted by molar-refractivity contribution is 7.16. The summed E-state index contributed by atoms with van der Waals surface area (Å²) < 4.78 is 0. The maximum atomic E-state index is 12.2. The summed E-state index contributed by atoms with van der Waals surface area (Å²) >= 11 is 1.14. The smallest absolute Gasteiger partial charge is 0.257 e. The van der Waals surface area contributed by atoms with Gasteiger partial charge in [0.25, 0.3) is 5.91 Å². The van der Waals surface area contributed by atoms with Gasteiger partial charge in [0.05, 0.1) is 12.1 Å². The zero-order valence-electron chi connectivity index (χ0n) is 14.1. The number of piperidine rings is 1. The molecule has 1 aromatic heterocycles. The van der Waals surface area contributed by atoms with Gasteiger partial charge in [-0.1, -0.05) is 23.5 Å². The minimum Gasteiger partial charge on any atom is -0.369 e. The lowest BCUT2D eigenvalue weighted by molar-refractivity contribution is -0.123. The number of anilines is 1. The molecule has 1 aromatic carbocycles. The normalized spacial score (nSPS) is 17.4. The van der Waals surface area contributed by atoms with E-state index in [-0.39, 0.29) is 17.7 Å². The van der Waals surface area contributed by atoms with E-state index in [9.17, 15) is 9.59 Å². The first-order valence-corrected chi connectivity index (χ1v) is 9.14. The van der Waals surface area contributed by atoms with Crippen molar-refractivity contribution >= 4 is 28.3 Å². The zero-order chi connectivity index (χ0) is 18.5. The van der Waals surface area contributed by atoms with Gasteiger partial charge in [-0.05, 0) is 37.1 Å². The van der Waals surface area contributed by atoms with Crippen molar-refractivity contribution in [3.8, 4) is 6.07 Å². The van der Waals surface area contributed by atoms with Crippen LogP contribution in [0.1, 0.15) is 33.6 Å². The number of nitrogens with two attached hydrogens (primary N) is 1.